The summed E-state index contributed by atoms with van der Waals surface area (Å²) in [6.07, 6.45) is 7.57. The Kier molecular flexibility index (Phi) is 19.4. The van der Waals surface area contributed by atoms with Crippen LogP contribution in [-0.2, 0) is 38.1 Å². The van der Waals surface area contributed by atoms with E-state index in [1.807, 2.05) is 20.8 Å². The van der Waals surface area contributed by atoms with E-state index in [4.69, 9.17) is 14.2 Å². The molecule has 0 spiro atoms. The summed E-state index contributed by atoms with van der Waals surface area (Å²) in [7, 11) is 1.25. The van der Waals surface area contributed by atoms with E-state index in [-0.39, 0.29) is 0 Å². The van der Waals surface area contributed by atoms with Crippen LogP contribution >= 0.6 is 0 Å². The molecule has 27 heavy (non-hydrogen) atoms. The number of carbonyl (C=O) groups excluding carboxylic acids is 4. The van der Waals surface area contributed by atoms with Gasteiger partial charge in [0.2, 0.25) is 0 Å². The Labute approximate surface area is 160 Å². The molecule has 0 bridgehead atoms. The number of rotatable bonds is 11. The summed E-state index contributed by atoms with van der Waals surface area (Å²) >= 11 is 0. The minimum absolute atomic E-state index is 0.368. The molecule has 0 saturated heterocycles. The van der Waals surface area contributed by atoms with Crippen molar-refractivity contribution in [2.24, 2.45) is 0 Å². The highest BCUT2D eigenvalue weighted by molar-refractivity contribution is 5.92. The summed E-state index contributed by atoms with van der Waals surface area (Å²) < 4.78 is 18.5. The van der Waals surface area contributed by atoms with Crippen LogP contribution in [0.4, 0.5) is 0 Å². The van der Waals surface area contributed by atoms with Crippen LogP contribution in [0.5, 0.6) is 0 Å². The fourth-order valence-corrected chi connectivity index (χ4v) is 1.21. The minimum Gasteiger partial charge on any atom is -0.466 e. The molecular weight excluding hydrogens is 356 g/mol. The van der Waals surface area contributed by atoms with E-state index < -0.39 is 23.9 Å². The molecule has 0 heterocycles. The molecule has 0 aliphatic carbocycles. The third-order valence-electron chi connectivity index (χ3n) is 2.55. The maximum absolute atomic E-state index is 10.9. The molecule has 0 aromatic carbocycles. The Balaban J connectivity index is 0. The average Bonchev–Trinajstić information content (AvgIpc) is 2.67. The van der Waals surface area contributed by atoms with Crippen LogP contribution in [0.2, 0.25) is 0 Å². The molecule has 154 valence electrons. The molecule has 0 aromatic rings. The topological polar surface area (TPSA) is 105 Å². The number of esters is 4. The van der Waals surface area contributed by atoms with E-state index >= 15 is 0 Å². The van der Waals surface area contributed by atoms with Gasteiger partial charge in [0.1, 0.15) is 0 Å². The van der Waals surface area contributed by atoms with Crippen LogP contribution in [0.3, 0.4) is 0 Å². The summed E-state index contributed by atoms with van der Waals surface area (Å²) in [5.41, 5.74) is 0. The van der Waals surface area contributed by atoms with Crippen LogP contribution in [-0.4, -0.2) is 50.8 Å². The molecule has 0 saturated carbocycles. The zero-order chi connectivity index (χ0) is 20.9. The van der Waals surface area contributed by atoms with E-state index in [1.54, 1.807) is 0 Å². The van der Waals surface area contributed by atoms with Gasteiger partial charge in [-0.2, -0.15) is 0 Å². The van der Waals surface area contributed by atoms with E-state index in [0.717, 1.165) is 50.0 Å². The molecule has 0 aliphatic heterocycles. The second-order valence-electron chi connectivity index (χ2n) is 5.05. The highest BCUT2D eigenvalue weighted by Crippen LogP contribution is 1.90. The van der Waals surface area contributed by atoms with Crippen molar-refractivity contribution < 1.29 is 38.1 Å². The predicted octanol–water partition coefficient (Wildman–Crippen LogP) is 2.51. The van der Waals surface area contributed by atoms with Crippen molar-refractivity contribution in [1.29, 1.82) is 0 Å². The van der Waals surface area contributed by atoms with Crippen molar-refractivity contribution in [1.82, 2.24) is 0 Å². The summed E-state index contributed by atoms with van der Waals surface area (Å²) in [4.78, 5) is 43.1. The second kappa shape index (κ2) is 19.7. The van der Waals surface area contributed by atoms with Gasteiger partial charge in [0.05, 0.1) is 26.9 Å². The summed E-state index contributed by atoms with van der Waals surface area (Å²) in [6.45, 7) is 6.92. The quantitative estimate of drug-likeness (QED) is 0.231. The van der Waals surface area contributed by atoms with Gasteiger partial charge >= 0.3 is 23.9 Å². The maximum Gasteiger partial charge on any atom is 0.331 e. The number of carbonyl (C=O) groups is 4. The lowest BCUT2D eigenvalue weighted by atomic mass is 10.4. The third-order valence-corrected chi connectivity index (χ3v) is 2.55. The largest absolute Gasteiger partial charge is 0.466 e. The van der Waals surface area contributed by atoms with Gasteiger partial charge < -0.3 is 18.9 Å². The molecule has 0 aliphatic rings. The van der Waals surface area contributed by atoms with Gasteiger partial charge in [-0.1, -0.05) is 27.2 Å². The second-order valence-corrected chi connectivity index (χ2v) is 5.05. The van der Waals surface area contributed by atoms with E-state index in [2.05, 4.69) is 4.74 Å². The van der Waals surface area contributed by atoms with Crippen molar-refractivity contribution in [3.63, 3.8) is 0 Å². The van der Waals surface area contributed by atoms with Crippen molar-refractivity contribution in [3.05, 3.63) is 24.3 Å². The molecule has 8 heteroatoms. The Morgan fingerprint density at radius 3 is 1.30 bits per heavy atom. The Morgan fingerprint density at radius 1 is 0.593 bits per heavy atom. The molecule has 0 atom stereocenters. The van der Waals surface area contributed by atoms with Crippen molar-refractivity contribution in [2.45, 2.75) is 46.5 Å². The van der Waals surface area contributed by atoms with Crippen LogP contribution in [0.15, 0.2) is 24.3 Å². The monoisotopic (exact) mass is 386 g/mol. The van der Waals surface area contributed by atoms with E-state index in [9.17, 15) is 19.2 Å². The van der Waals surface area contributed by atoms with Gasteiger partial charge in [-0.25, -0.2) is 19.2 Å². The van der Waals surface area contributed by atoms with Crippen LogP contribution < -0.4 is 0 Å². The number of hydrogen-bond donors (Lipinski definition) is 0. The van der Waals surface area contributed by atoms with Gasteiger partial charge in [0.25, 0.3) is 0 Å². The zero-order valence-electron chi connectivity index (χ0n) is 16.5. The normalized spacial score (nSPS) is 10.1. The minimum atomic E-state index is -0.563. The first-order valence-corrected chi connectivity index (χ1v) is 8.85. The lowest BCUT2D eigenvalue weighted by molar-refractivity contribution is -0.140. The predicted molar refractivity (Wildman–Crippen MR) is 98.7 cm³/mol. The molecule has 0 rings (SSSR count). The highest BCUT2D eigenvalue weighted by atomic mass is 16.5. The summed E-state index contributed by atoms with van der Waals surface area (Å²) in [5, 5.41) is 0. The first-order valence-electron chi connectivity index (χ1n) is 8.85. The average molecular weight is 386 g/mol. The number of hydrogen-bond acceptors (Lipinski definition) is 8. The van der Waals surface area contributed by atoms with Gasteiger partial charge in [-0.05, 0) is 19.3 Å². The van der Waals surface area contributed by atoms with E-state index in [1.165, 1.54) is 7.11 Å². The Morgan fingerprint density at radius 2 is 0.963 bits per heavy atom. The van der Waals surface area contributed by atoms with Gasteiger partial charge in [-0.15, -0.1) is 0 Å². The van der Waals surface area contributed by atoms with Crippen LogP contribution in [0, 0.1) is 0 Å². The standard InChI is InChI=1S/C10H16O4.C9H14O4/c1-3-7-13-9(11)5-6-10(12)14-8-4-2;1-3-4-7-13-9(11)6-5-8(10)12-2/h5-6H,3-4,7-8H2,1-2H3;5-6H,3-4,7H2,1-2H3/b2*6-5+. The zero-order valence-corrected chi connectivity index (χ0v) is 16.5. The Bertz CT molecular complexity index is 472. The van der Waals surface area contributed by atoms with Crippen LogP contribution in [0.25, 0.3) is 0 Å². The number of methoxy groups -OCH3 is 1. The molecule has 0 radical (unpaired) electrons. The summed E-state index contributed by atoms with van der Waals surface area (Å²) in [6, 6.07) is 0. The molecular formula is C19H30O8. The maximum atomic E-state index is 10.9. The SMILES string of the molecule is CCCCOC(=O)/C=C/C(=O)OC.CCCOC(=O)/C=C/C(=O)OCCC. The highest BCUT2D eigenvalue weighted by Gasteiger charge is 1.99. The van der Waals surface area contributed by atoms with Gasteiger partial charge in [0.15, 0.2) is 0 Å². The van der Waals surface area contributed by atoms with Crippen molar-refractivity contribution in [2.75, 3.05) is 26.9 Å². The molecule has 0 amide bonds. The van der Waals surface area contributed by atoms with Gasteiger partial charge in [-0.3, -0.25) is 0 Å². The molecule has 0 N–H and O–H groups in total. The molecule has 8 nitrogen and oxygen atoms in total. The number of unbranched alkanes of at least 4 members (excludes halogenated alkanes) is 1. The fourth-order valence-electron chi connectivity index (χ4n) is 1.21. The van der Waals surface area contributed by atoms with Crippen molar-refractivity contribution >= 4 is 23.9 Å². The number of ether oxygens (including phenoxy) is 4. The van der Waals surface area contributed by atoms with Crippen LogP contribution in [0.1, 0.15) is 46.5 Å². The molecule has 0 unspecified atom stereocenters. The Hall–Kier alpha value is -2.64. The van der Waals surface area contributed by atoms with Gasteiger partial charge in [0, 0.05) is 24.3 Å². The molecule has 0 fully saturated rings. The summed E-state index contributed by atoms with van der Waals surface area (Å²) in [5.74, 6) is -2.10. The first-order chi connectivity index (χ1) is 12.9. The lowest BCUT2D eigenvalue weighted by Crippen LogP contribution is -2.05. The van der Waals surface area contributed by atoms with E-state index in [0.29, 0.717) is 19.8 Å². The smallest absolute Gasteiger partial charge is 0.331 e. The third kappa shape index (κ3) is 21.3. The lowest BCUT2D eigenvalue weighted by Gasteiger charge is -1.98. The fraction of sp³-hybridized carbons (Fsp3) is 0.579. The first kappa shape index (κ1) is 26.6. The molecule has 0 aromatic heterocycles. The van der Waals surface area contributed by atoms with Crippen molar-refractivity contribution in [3.8, 4) is 0 Å².